The number of carbonyl (C=O) groups is 1. The molecule has 1 aliphatic rings. The van der Waals surface area contributed by atoms with Gasteiger partial charge in [-0.25, -0.2) is 8.91 Å². The van der Waals surface area contributed by atoms with E-state index in [-0.39, 0.29) is 18.2 Å². The molecule has 0 radical (unpaired) electrons. The van der Waals surface area contributed by atoms with Crippen LogP contribution in [0.2, 0.25) is 0 Å². The highest BCUT2D eigenvalue weighted by atomic mass is 19.1. The molecular weight excluding hydrogens is 347 g/mol. The molecule has 1 aromatic carbocycles. The number of primary amides is 1. The van der Waals surface area contributed by atoms with Crippen LogP contribution in [0.4, 0.5) is 10.1 Å². The van der Waals surface area contributed by atoms with Gasteiger partial charge in [-0.3, -0.25) is 4.79 Å². The van der Waals surface area contributed by atoms with Crippen molar-refractivity contribution in [2.75, 3.05) is 5.32 Å². The molecule has 4 N–H and O–H groups in total. The van der Waals surface area contributed by atoms with Gasteiger partial charge in [0.25, 0.3) is 5.91 Å². The third-order valence-electron chi connectivity index (χ3n) is 5.13. The van der Waals surface area contributed by atoms with E-state index in [0.29, 0.717) is 24.0 Å². The van der Waals surface area contributed by atoms with E-state index in [9.17, 15) is 14.3 Å². The second-order valence-corrected chi connectivity index (χ2v) is 6.91. The van der Waals surface area contributed by atoms with E-state index in [1.54, 1.807) is 4.52 Å². The SMILES string of the molecule is NC(=O)c1cnn2cc(-c3ccc(CO)cc3)cc2c1N[C@@H]1CCC[C@@H]1F. The van der Waals surface area contributed by atoms with Crippen molar-refractivity contribution in [3.63, 3.8) is 0 Å². The average molecular weight is 368 g/mol. The number of hydrogen-bond acceptors (Lipinski definition) is 4. The van der Waals surface area contributed by atoms with Crippen LogP contribution in [0.5, 0.6) is 0 Å². The Labute approximate surface area is 155 Å². The number of halogens is 1. The molecular formula is C20H21FN4O2. The number of nitrogens with one attached hydrogen (secondary N) is 1. The third kappa shape index (κ3) is 3.26. The predicted octanol–water partition coefficient (Wildman–Crippen LogP) is 2.90. The lowest BCUT2D eigenvalue weighted by Crippen LogP contribution is -2.27. The highest BCUT2D eigenvalue weighted by Gasteiger charge is 2.28. The van der Waals surface area contributed by atoms with Gasteiger partial charge in [-0.15, -0.1) is 0 Å². The molecule has 0 aliphatic heterocycles. The number of hydrogen-bond donors (Lipinski definition) is 3. The number of alkyl halides is 1. The molecule has 140 valence electrons. The van der Waals surface area contributed by atoms with Crippen molar-refractivity contribution in [2.24, 2.45) is 5.73 Å². The number of aromatic nitrogens is 2. The summed E-state index contributed by atoms with van der Waals surface area (Å²) >= 11 is 0. The van der Waals surface area contributed by atoms with E-state index < -0.39 is 12.1 Å². The van der Waals surface area contributed by atoms with Crippen molar-refractivity contribution in [1.29, 1.82) is 0 Å². The van der Waals surface area contributed by atoms with Gasteiger partial charge < -0.3 is 16.2 Å². The fourth-order valence-corrected chi connectivity index (χ4v) is 3.62. The van der Waals surface area contributed by atoms with E-state index in [2.05, 4.69) is 10.4 Å². The first-order valence-electron chi connectivity index (χ1n) is 8.99. The summed E-state index contributed by atoms with van der Waals surface area (Å²) in [4.78, 5) is 11.9. The van der Waals surface area contributed by atoms with Crippen molar-refractivity contribution in [2.45, 2.75) is 38.1 Å². The van der Waals surface area contributed by atoms with Crippen molar-refractivity contribution in [3.05, 3.63) is 53.9 Å². The number of aliphatic hydroxyl groups excluding tert-OH is 1. The Morgan fingerprint density at radius 1 is 1.30 bits per heavy atom. The summed E-state index contributed by atoms with van der Waals surface area (Å²) in [5.41, 5.74) is 9.65. The van der Waals surface area contributed by atoms with Gasteiger partial charge in [-0.2, -0.15) is 5.10 Å². The van der Waals surface area contributed by atoms with Gasteiger partial charge in [0, 0.05) is 11.8 Å². The minimum Gasteiger partial charge on any atom is -0.392 e. The number of anilines is 1. The van der Waals surface area contributed by atoms with Gasteiger partial charge in [-0.1, -0.05) is 24.3 Å². The van der Waals surface area contributed by atoms with Gasteiger partial charge >= 0.3 is 0 Å². The fraction of sp³-hybridized carbons (Fsp3) is 0.300. The zero-order valence-corrected chi connectivity index (χ0v) is 14.7. The smallest absolute Gasteiger partial charge is 0.252 e. The Bertz CT molecular complexity index is 984. The number of nitrogens with two attached hydrogens (primary N) is 1. The Morgan fingerprint density at radius 3 is 2.70 bits per heavy atom. The minimum atomic E-state index is -0.945. The predicted molar refractivity (Wildman–Crippen MR) is 101 cm³/mol. The molecule has 0 saturated heterocycles. The van der Waals surface area contributed by atoms with Gasteiger partial charge in [0.15, 0.2) is 0 Å². The maximum atomic E-state index is 14.1. The minimum absolute atomic E-state index is 0.0125. The number of aliphatic hydroxyl groups is 1. The maximum Gasteiger partial charge on any atom is 0.252 e. The second-order valence-electron chi connectivity index (χ2n) is 6.91. The fourth-order valence-electron chi connectivity index (χ4n) is 3.62. The van der Waals surface area contributed by atoms with Crippen LogP contribution in [0.15, 0.2) is 42.7 Å². The van der Waals surface area contributed by atoms with Crippen LogP contribution in [-0.4, -0.2) is 32.8 Å². The van der Waals surface area contributed by atoms with Crippen LogP contribution in [0.3, 0.4) is 0 Å². The summed E-state index contributed by atoms with van der Waals surface area (Å²) < 4.78 is 15.8. The first kappa shape index (κ1) is 17.5. The summed E-state index contributed by atoms with van der Waals surface area (Å²) in [6, 6.07) is 9.10. The molecule has 27 heavy (non-hydrogen) atoms. The summed E-state index contributed by atoms with van der Waals surface area (Å²) in [6.07, 6.45) is 4.37. The van der Waals surface area contributed by atoms with Crippen molar-refractivity contribution >= 4 is 17.1 Å². The Hall–Kier alpha value is -2.93. The average Bonchev–Trinajstić information content (AvgIpc) is 3.28. The third-order valence-corrected chi connectivity index (χ3v) is 5.13. The zero-order chi connectivity index (χ0) is 19.0. The van der Waals surface area contributed by atoms with E-state index in [1.807, 2.05) is 36.5 Å². The first-order valence-corrected chi connectivity index (χ1v) is 8.99. The number of carbonyl (C=O) groups excluding carboxylic acids is 1. The molecule has 0 spiro atoms. The molecule has 1 amide bonds. The Kier molecular flexibility index (Phi) is 4.53. The lowest BCUT2D eigenvalue weighted by Gasteiger charge is -2.19. The summed E-state index contributed by atoms with van der Waals surface area (Å²) in [5.74, 6) is -0.601. The van der Waals surface area contributed by atoms with E-state index in [1.165, 1.54) is 6.20 Å². The van der Waals surface area contributed by atoms with Gasteiger partial charge in [0.2, 0.25) is 0 Å². The molecule has 4 rings (SSSR count). The summed E-state index contributed by atoms with van der Waals surface area (Å²) in [5, 5.41) is 16.7. The summed E-state index contributed by atoms with van der Waals surface area (Å²) in [7, 11) is 0. The van der Waals surface area contributed by atoms with Crippen molar-refractivity contribution in [3.8, 4) is 11.1 Å². The largest absolute Gasteiger partial charge is 0.392 e. The number of nitrogens with zero attached hydrogens (tertiary/aromatic N) is 2. The molecule has 0 unspecified atom stereocenters. The molecule has 2 heterocycles. The molecule has 3 aromatic rings. The quantitative estimate of drug-likeness (QED) is 0.646. The standard InChI is InChI=1S/C20H21FN4O2/c21-16-2-1-3-17(16)24-19-15(20(22)27)9-23-25-10-14(8-18(19)25)13-6-4-12(11-26)5-7-13/h4-10,16-17,24,26H,1-3,11H2,(H2,22,27)/t16-,17+/m0/s1. The Balaban J connectivity index is 1.79. The summed E-state index contributed by atoms with van der Waals surface area (Å²) in [6.45, 7) is -0.0125. The molecule has 1 saturated carbocycles. The first-order chi connectivity index (χ1) is 13.1. The van der Waals surface area contributed by atoms with Crippen LogP contribution < -0.4 is 11.1 Å². The second kappa shape index (κ2) is 7.00. The topological polar surface area (TPSA) is 92.7 Å². The van der Waals surface area contributed by atoms with Crippen LogP contribution in [0.25, 0.3) is 16.6 Å². The van der Waals surface area contributed by atoms with Crippen molar-refractivity contribution < 1.29 is 14.3 Å². The van der Waals surface area contributed by atoms with E-state index >= 15 is 0 Å². The van der Waals surface area contributed by atoms with Gasteiger partial charge in [-0.05, 0) is 36.5 Å². The number of rotatable bonds is 5. The van der Waals surface area contributed by atoms with Crippen LogP contribution >= 0.6 is 0 Å². The highest BCUT2D eigenvalue weighted by molar-refractivity contribution is 6.02. The normalized spacial score (nSPS) is 19.5. The molecule has 7 heteroatoms. The molecule has 1 aliphatic carbocycles. The highest BCUT2D eigenvalue weighted by Crippen LogP contribution is 2.32. The molecule has 6 nitrogen and oxygen atoms in total. The molecule has 2 atom stereocenters. The van der Waals surface area contributed by atoms with E-state index in [4.69, 9.17) is 5.73 Å². The maximum absolute atomic E-state index is 14.1. The number of fused-ring (bicyclic) bond motifs is 1. The monoisotopic (exact) mass is 368 g/mol. The van der Waals surface area contributed by atoms with Crippen LogP contribution in [-0.2, 0) is 6.61 Å². The Morgan fingerprint density at radius 2 is 2.07 bits per heavy atom. The molecule has 2 aromatic heterocycles. The van der Waals surface area contributed by atoms with Crippen LogP contribution in [0.1, 0.15) is 35.2 Å². The van der Waals surface area contributed by atoms with E-state index in [0.717, 1.165) is 23.1 Å². The molecule has 0 bridgehead atoms. The number of amides is 1. The van der Waals surface area contributed by atoms with Gasteiger partial charge in [0.05, 0.1) is 35.6 Å². The number of benzene rings is 1. The molecule has 1 fully saturated rings. The lowest BCUT2D eigenvalue weighted by atomic mass is 10.1. The van der Waals surface area contributed by atoms with Gasteiger partial charge in [0.1, 0.15) is 6.17 Å². The zero-order valence-electron chi connectivity index (χ0n) is 14.7. The van der Waals surface area contributed by atoms with Crippen LogP contribution in [0, 0.1) is 0 Å². The lowest BCUT2D eigenvalue weighted by molar-refractivity contribution is 0.100. The van der Waals surface area contributed by atoms with Crippen molar-refractivity contribution in [1.82, 2.24) is 9.61 Å².